The van der Waals surface area contributed by atoms with Crippen LogP contribution in [0.5, 0.6) is 0 Å². The Morgan fingerprint density at radius 1 is 1.19 bits per heavy atom. The normalized spacial score (nSPS) is 19.5. The number of thiophene rings is 1. The summed E-state index contributed by atoms with van der Waals surface area (Å²) in [6, 6.07) is 9.96. The van der Waals surface area contributed by atoms with Gasteiger partial charge in [-0.25, -0.2) is 0 Å². The molecular weight excluding hydrogens is 344 g/mol. The van der Waals surface area contributed by atoms with Crippen LogP contribution in [0.4, 0.5) is 5.69 Å². The second kappa shape index (κ2) is 7.23. The molecule has 0 spiro atoms. The lowest BCUT2D eigenvalue weighted by molar-refractivity contribution is -0.136. The highest BCUT2D eigenvalue weighted by molar-refractivity contribution is 7.10. The molecule has 0 saturated carbocycles. The molecule has 1 aromatic carbocycles. The Morgan fingerprint density at radius 2 is 2.08 bits per heavy atom. The number of carbonyl (C=O) groups excluding carboxylic acids is 2. The summed E-state index contributed by atoms with van der Waals surface area (Å²) in [4.78, 5) is 30.9. The van der Waals surface area contributed by atoms with Crippen molar-refractivity contribution >= 4 is 28.8 Å². The van der Waals surface area contributed by atoms with Gasteiger partial charge in [-0.3, -0.25) is 9.59 Å². The van der Waals surface area contributed by atoms with Crippen molar-refractivity contribution in [3.8, 4) is 0 Å². The van der Waals surface area contributed by atoms with E-state index in [2.05, 4.69) is 25.1 Å². The maximum atomic E-state index is 13.3. The first kappa shape index (κ1) is 17.3. The number of aryl methyl sites for hydroxylation is 2. The fourth-order valence-corrected chi connectivity index (χ4v) is 4.82. The van der Waals surface area contributed by atoms with Gasteiger partial charge in [0.15, 0.2) is 0 Å². The number of nitrogens with zero attached hydrogens (tertiary/aromatic N) is 2. The minimum absolute atomic E-state index is 0.0736. The van der Waals surface area contributed by atoms with E-state index in [4.69, 9.17) is 0 Å². The number of anilines is 1. The molecule has 1 atom stereocenters. The Labute approximate surface area is 158 Å². The molecule has 1 unspecified atom stereocenters. The van der Waals surface area contributed by atoms with E-state index in [0.717, 1.165) is 42.8 Å². The summed E-state index contributed by atoms with van der Waals surface area (Å²) < 4.78 is 0. The van der Waals surface area contributed by atoms with Crippen LogP contribution >= 0.6 is 11.3 Å². The first-order chi connectivity index (χ1) is 12.6. The van der Waals surface area contributed by atoms with E-state index in [1.165, 1.54) is 11.1 Å². The quantitative estimate of drug-likeness (QED) is 0.831. The van der Waals surface area contributed by atoms with Crippen LogP contribution < -0.4 is 4.90 Å². The number of benzene rings is 1. The van der Waals surface area contributed by atoms with E-state index < -0.39 is 0 Å². The van der Waals surface area contributed by atoms with E-state index in [1.807, 2.05) is 27.3 Å². The predicted octanol–water partition coefficient (Wildman–Crippen LogP) is 3.57. The molecule has 136 valence electrons. The summed E-state index contributed by atoms with van der Waals surface area (Å²) in [7, 11) is 0. The maximum Gasteiger partial charge on any atom is 0.249 e. The van der Waals surface area contributed by atoms with Crippen molar-refractivity contribution in [1.82, 2.24) is 4.90 Å². The zero-order valence-electron chi connectivity index (χ0n) is 15.1. The maximum absolute atomic E-state index is 13.3. The number of carbonyl (C=O) groups is 2. The molecule has 2 aliphatic heterocycles. The first-order valence-electron chi connectivity index (χ1n) is 9.36. The lowest BCUT2D eigenvalue weighted by Crippen LogP contribution is -2.49. The number of rotatable bonds is 3. The zero-order valence-corrected chi connectivity index (χ0v) is 15.9. The summed E-state index contributed by atoms with van der Waals surface area (Å²) in [5, 5.41) is 1.99. The number of hydrogen-bond donors (Lipinski definition) is 0. The van der Waals surface area contributed by atoms with Crippen LogP contribution in [0.2, 0.25) is 0 Å². The average molecular weight is 369 g/mol. The van der Waals surface area contributed by atoms with E-state index in [0.29, 0.717) is 13.0 Å². The van der Waals surface area contributed by atoms with Crippen LogP contribution in [0.1, 0.15) is 35.3 Å². The van der Waals surface area contributed by atoms with Crippen molar-refractivity contribution < 1.29 is 9.59 Å². The molecule has 4 rings (SSSR count). The number of likely N-dealkylation sites (tertiary alicyclic amines) is 1. The molecule has 1 saturated heterocycles. The van der Waals surface area contributed by atoms with E-state index in [1.54, 1.807) is 11.3 Å². The fourth-order valence-electron chi connectivity index (χ4n) is 4.12. The topological polar surface area (TPSA) is 40.6 Å². The van der Waals surface area contributed by atoms with Gasteiger partial charge in [0.25, 0.3) is 0 Å². The van der Waals surface area contributed by atoms with Crippen LogP contribution in [0.25, 0.3) is 0 Å². The summed E-state index contributed by atoms with van der Waals surface area (Å²) >= 11 is 1.60. The molecule has 26 heavy (non-hydrogen) atoms. The minimum Gasteiger partial charge on any atom is -0.330 e. The van der Waals surface area contributed by atoms with Crippen LogP contribution in [0.3, 0.4) is 0 Å². The molecule has 0 aliphatic carbocycles. The summed E-state index contributed by atoms with van der Waals surface area (Å²) in [6.07, 6.45) is 4.08. The fraction of sp³-hybridized carbons (Fsp3) is 0.429. The van der Waals surface area contributed by atoms with Gasteiger partial charge < -0.3 is 9.80 Å². The predicted molar refractivity (Wildman–Crippen MR) is 105 cm³/mol. The molecule has 3 heterocycles. The Kier molecular flexibility index (Phi) is 4.81. The van der Waals surface area contributed by atoms with Crippen molar-refractivity contribution in [3.05, 3.63) is 51.7 Å². The van der Waals surface area contributed by atoms with Gasteiger partial charge in [-0.2, -0.15) is 0 Å². The highest BCUT2D eigenvalue weighted by Crippen LogP contribution is 2.31. The summed E-state index contributed by atoms with van der Waals surface area (Å²) in [6.45, 7) is 3.52. The van der Waals surface area contributed by atoms with Crippen LogP contribution in [-0.2, 0) is 22.4 Å². The molecule has 0 bridgehead atoms. The lowest BCUT2D eigenvalue weighted by atomic mass is 9.98. The summed E-state index contributed by atoms with van der Waals surface area (Å²) in [5.74, 6) is 0.163. The summed E-state index contributed by atoms with van der Waals surface area (Å²) in [5.41, 5.74) is 3.51. The van der Waals surface area contributed by atoms with Gasteiger partial charge in [-0.1, -0.05) is 23.8 Å². The molecule has 2 aromatic rings. The first-order valence-corrected chi connectivity index (χ1v) is 10.2. The van der Waals surface area contributed by atoms with Gasteiger partial charge in [0.2, 0.25) is 11.8 Å². The van der Waals surface area contributed by atoms with Gasteiger partial charge in [0.05, 0.1) is 6.42 Å². The van der Waals surface area contributed by atoms with Gasteiger partial charge in [0.1, 0.15) is 6.04 Å². The Hall–Kier alpha value is -2.14. The van der Waals surface area contributed by atoms with Crippen LogP contribution in [-0.4, -0.2) is 35.8 Å². The largest absolute Gasteiger partial charge is 0.330 e. The molecule has 5 heteroatoms. The standard InChI is InChI=1S/C21H24N2O2S/c1-15-8-9-18-16(13-15)5-2-11-23(18)21(25)19-7-3-10-22(19)20(24)14-17-6-4-12-26-17/h4,6,8-9,12-13,19H,2-3,5,7,10-11,14H2,1H3. The van der Waals surface area contributed by atoms with Crippen molar-refractivity contribution in [1.29, 1.82) is 0 Å². The van der Waals surface area contributed by atoms with Crippen molar-refractivity contribution in [3.63, 3.8) is 0 Å². The Balaban J connectivity index is 1.53. The third-order valence-corrected chi connectivity index (χ3v) is 6.26. The van der Waals surface area contributed by atoms with Gasteiger partial charge in [-0.15, -0.1) is 11.3 Å². The van der Waals surface area contributed by atoms with Crippen molar-refractivity contribution in [2.45, 2.75) is 45.1 Å². The second-order valence-corrected chi connectivity index (χ2v) is 8.26. The van der Waals surface area contributed by atoms with E-state index in [9.17, 15) is 9.59 Å². The van der Waals surface area contributed by atoms with Gasteiger partial charge >= 0.3 is 0 Å². The third-order valence-electron chi connectivity index (χ3n) is 5.38. The molecular formula is C21H24N2O2S. The Bertz CT molecular complexity index is 815. The van der Waals surface area contributed by atoms with E-state index >= 15 is 0 Å². The van der Waals surface area contributed by atoms with Crippen molar-refractivity contribution in [2.24, 2.45) is 0 Å². The molecule has 2 aliphatic rings. The number of amides is 2. The molecule has 2 amide bonds. The molecule has 4 nitrogen and oxygen atoms in total. The zero-order chi connectivity index (χ0) is 18.1. The molecule has 1 fully saturated rings. The SMILES string of the molecule is Cc1ccc2c(c1)CCCN2C(=O)C1CCCN1C(=O)Cc1cccs1. The number of fused-ring (bicyclic) bond motifs is 1. The average Bonchev–Trinajstić information content (AvgIpc) is 3.31. The molecule has 0 N–H and O–H groups in total. The van der Waals surface area contributed by atoms with Gasteiger partial charge in [-0.05, 0) is 55.7 Å². The minimum atomic E-state index is -0.310. The third kappa shape index (κ3) is 3.28. The lowest BCUT2D eigenvalue weighted by Gasteiger charge is -2.34. The van der Waals surface area contributed by atoms with Crippen molar-refractivity contribution in [2.75, 3.05) is 18.0 Å². The smallest absolute Gasteiger partial charge is 0.249 e. The number of hydrogen-bond acceptors (Lipinski definition) is 3. The highest BCUT2D eigenvalue weighted by Gasteiger charge is 2.37. The van der Waals surface area contributed by atoms with Gasteiger partial charge in [0, 0.05) is 23.7 Å². The Morgan fingerprint density at radius 3 is 2.88 bits per heavy atom. The van der Waals surface area contributed by atoms with Crippen LogP contribution in [0.15, 0.2) is 35.7 Å². The molecule has 0 radical (unpaired) electrons. The monoisotopic (exact) mass is 368 g/mol. The highest BCUT2D eigenvalue weighted by atomic mass is 32.1. The van der Waals surface area contributed by atoms with E-state index in [-0.39, 0.29) is 17.9 Å². The van der Waals surface area contributed by atoms with Crippen LogP contribution in [0, 0.1) is 6.92 Å². The molecule has 1 aromatic heterocycles. The second-order valence-electron chi connectivity index (χ2n) is 7.23.